The highest BCUT2D eigenvalue weighted by Gasteiger charge is 2.19. The van der Waals surface area contributed by atoms with Gasteiger partial charge in [0.1, 0.15) is 22.8 Å². The summed E-state index contributed by atoms with van der Waals surface area (Å²) < 4.78 is 28.6. The largest absolute Gasteiger partial charge is 0.275 e. The van der Waals surface area contributed by atoms with Gasteiger partial charge in [0.2, 0.25) is 0 Å². The Hall–Kier alpha value is -1.72. The Morgan fingerprint density at radius 3 is 2.75 bits per heavy atom. The highest BCUT2D eigenvalue weighted by molar-refractivity contribution is 6.32. The van der Waals surface area contributed by atoms with Crippen molar-refractivity contribution in [3.8, 4) is 5.69 Å². The van der Waals surface area contributed by atoms with Gasteiger partial charge in [0.15, 0.2) is 11.5 Å². The topological polar surface area (TPSA) is 30.7 Å². The Balaban J connectivity index is 2.40. The molecule has 102 valence electrons. The summed E-state index contributed by atoms with van der Waals surface area (Å²) >= 11 is 11.8. The number of imidazole rings is 1. The molecule has 1 aromatic carbocycles. The number of hydrogen-bond acceptors (Lipinski definition) is 2. The molecule has 0 aliphatic carbocycles. The fraction of sp³-hybridized carbons (Fsp3) is 0.0769. The van der Waals surface area contributed by atoms with E-state index in [2.05, 4.69) is 9.97 Å². The molecule has 0 saturated heterocycles. The zero-order valence-electron chi connectivity index (χ0n) is 9.95. The summed E-state index contributed by atoms with van der Waals surface area (Å²) in [6.45, 7) is 0. The van der Waals surface area contributed by atoms with Gasteiger partial charge in [-0.25, -0.2) is 18.7 Å². The van der Waals surface area contributed by atoms with E-state index in [-0.39, 0.29) is 16.6 Å². The monoisotopic (exact) mass is 313 g/mol. The van der Waals surface area contributed by atoms with Gasteiger partial charge in [-0.3, -0.25) is 4.57 Å². The lowest BCUT2D eigenvalue weighted by atomic mass is 10.3. The number of nitrogens with zero attached hydrogens (tertiary/aromatic N) is 3. The first-order valence-electron chi connectivity index (χ1n) is 5.65. The third-order valence-corrected chi connectivity index (χ3v) is 3.34. The Labute approximate surface area is 122 Å². The predicted octanol–water partition coefficient (Wildman–Crippen LogP) is 4.09. The second kappa shape index (κ2) is 5.00. The van der Waals surface area contributed by atoms with Crippen LogP contribution in [-0.4, -0.2) is 14.5 Å². The van der Waals surface area contributed by atoms with E-state index >= 15 is 0 Å². The Morgan fingerprint density at radius 1 is 1.25 bits per heavy atom. The number of alkyl halides is 1. The van der Waals surface area contributed by atoms with Crippen molar-refractivity contribution in [3.63, 3.8) is 0 Å². The molecular formula is C13H7Cl2F2N3. The van der Waals surface area contributed by atoms with E-state index in [1.165, 1.54) is 4.57 Å². The summed E-state index contributed by atoms with van der Waals surface area (Å²) in [4.78, 5) is 8.42. The number of fused-ring (bicyclic) bond motifs is 1. The predicted molar refractivity (Wildman–Crippen MR) is 73.3 cm³/mol. The Bertz CT molecular complexity index is 778. The van der Waals surface area contributed by atoms with Crippen molar-refractivity contribution in [2.24, 2.45) is 0 Å². The van der Waals surface area contributed by atoms with Gasteiger partial charge in [-0.1, -0.05) is 11.6 Å². The van der Waals surface area contributed by atoms with E-state index in [9.17, 15) is 8.78 Å². The molecule has 0 spiro atoms. The number of hydrogen-bond donors (Lipinski definition) is 0. The first-order chi connectivity index (χ1) is 9.61. The van der Waals surface area contributed by atoms with Crippen molar-refractivity contribution in [3.05, 3.63) is 52.9 Å². The summed E-state index contributed by atoms with van der Waals surface area (Å²) in [5.41, 5.74) is 0.961. The normalized spacial score (nSPS) is 11.2. The van der Waals surface area contributed by atoms with E-state index in [4.69, 9.17) is 23.2 Å². The summed E-state index contributed by atoms with van der Waals surface area (Å²) in [6.07, 6.45) is 1.55. The van der Waals surface area contributed by atoms with Crippen molar-refractivity contribution >= 4 is 34.4 Å². The molecule has 3 nitrogen and oxygen atoms in total. The van der Waals surface area contributed by atoms with Gasteiger partial charge in [0.25, 0.3) is 0 Å². The van der Waals surface area contributed by atoms with E-state index in [1.54, 1.807) is 18.3 Å². The SMILES string of the molecule is Fc1cc(F)c(-n2c(CCl)nc3cccnc32)c(Cl)c1. The second-order valence-electron chi connectivity index (χ2n) is 4.06. The standard InChI is InChI=1S/C13H7Cl2F2N3/c14-6-11-19-10-2-1-3-18-13(10)20(11)12-8(15)4-7(16)5-9(12)17/h1-5H,6H2. The Morgan fingerprint density at radius 2 is 2.05 bits per heavy atom. The van der Waals surface area contributed by atoms with Crippen LogP contribution in [0.15, 0.2) is 30.5 Å². The van der Waals surface area contributed by atoms with Gasteiger partial charge in [0, 0.05) is 12.3 Å². The molecule has 0 atom stereocenters. The minimum Gasteiger partial charge on any atom is -0.275 e. The van der Waals surface area contributed by atoms with Gasteiger partial charge in [-0.2, -0.15) is 0 Å². The molecule has 0 N–H and O–H groups in total. The molecule has 20 heavy (non-hydrogen) atoms. The van der Waals surface area contributed by atoms with Crippen LogP contribution in [0, 0.1) is 11.6 Å². The molecule has 3 rings (SSSR count). The number of rotatable bonds is 2. The maximum Gasteiger partial charge on any atom is 0.164 e. The minimum absolute atomic E-state index is 0.00934. The molecule has 3 aromatic rings. The van der Waals surface area contributed by atoms with E-state index in [0.717, 1.165) is 12.1 Å². The molecule has 0 radical (unpaired) electrons. The molecule has 2 heterocycles. The molecule has 0 fully saturated rings. The number of aromatic nitrogens is 3. The zero-order chi connectivity index (χ0) is 14.3. The molecule has 0 bridgehead atoms. The van der Waals surface area contributed by atoms with Crippen LogP contribution < -0.4 is 0 Å². The molecular weight excluding hydrogens is 307 g/mol. The first-order valence-corrected chi connectivity index (χ1v) is 6.56. The highest BCUT2D eigenvalue weighted by atomic mass is 35.5. The summed E-state index contributed by atoms with van der Waals surface area (Å²) in [6, 6.07) is 5.23. The van der Waals surface area contributed by atoms with Gasteiger partial charge >= 0.3 is 0 Å². The zero-order valence-corrected chi connectivity index (χ0v) is 11.5. The summed E-state index contributed by atoms with van der Waals surface area (Å²) in [5.74, 6) is -1.12. The van der Waals surface area contributed by atoms with Gasteiger partial charge in [-0.05, 0) is 18.2 Å². The number of pyridine rings is 1. The van der Waals surface area contributed by atoms with E-state index < -0.39 is 11.6 Å². The lowest BCUT2D eigenvalue weighted by Crippen LogP contribution is -2.04. The quantitative estimate of drug-likeness (QED) is 0.667. The van der Waals surface area contributed by atoms with Crippen molar-refractivity contribution in [1.82, 2.24) is 14.5 Å². The van der Waals surface area contributed by atoms with Crippen LogP contribution in [0.5, 0.6) is 0 Å². The number of benzene rings is 1. The van der Waals surface area contributed by atoms with E-state index in [0.29, 0.717) is 17.0 Å². The smallest absolute Gasteiger partial charge is 0.164 e. The fourth-order valence-corrected chi connectivity index (χ4v) is 2.49. The number of halogens is 4. The summed E-state index contributed by atoms with van der Waals surface area (Å²) in [7, 11) is 0. The van der Waals surface area contributed by atoms with Crippen LogP contribution in [0.1, 0.15) is 5.82 Å². The van der Waals surface area contributed by atoms with Gasteiger partial charge < -0.3 is 0 Å². The molecule has 0 aliphatic rings. The van der Waals surface area contributed by atoms with Gasteiger partial charge in [0.05, 0.1) is 10.9 Å². The maximum absolute atomic E-state index is 14.1. The van der Waals surface area contributed by atoms with Crippen molar-refractivity contribution < 1.29 is 8.78 Å². The molecule has 2 aromatic heterocycles. The minimum atomic E-state index is -0.800. The third kappa shape index (κ3) is 2.03. The van der Waals surface area contributed by atoms with Crippen LogP contribution in [-0.2, 0) is 5.88 Å². The van der Waals surface area contributed by atoms with Crippen LogP contribution in [0.2, 0.25) is 5.02 Å². The third-order valence-electron chi connectivity index (χ3n) is 2.81. The summed E-state index contributed by atoms with van der Waals surface area (Å²) in [5, 5.41) is -0.0705. The van der Waals surface area contributed by atoms with E-state index in [1.807, 2.05) is 0 Å². The lowest BCUT2D eigenvalue weighted by Gasteiger charge is -2.10. The molecule has 0 amide bonds. The van der Waals surface area contributed by atoms with Crippen LogP contribution in [0.4, 0.5) is 8.78 Å². The maximum atomic E-state index is 14.1. The van der Waals surface area contributed by atoms with Crippen LogP contribution in [0.25, 0.3) is 16.9 Å². The fourth-order valence-electron chi connectivity index (χ4n) is 2.03. The average molecular weight is 314 g/mol. The Kier molecular flexibility index (Phi) is 3.31. The van der Waals surface area contributed by atoms with Crippen LogP contribution in [0.3, 0.4) is 0 Å². The van der Waals surface area contributed by atoms with Crippen LogP contribution >= 0.6 is 23.2 Å². The molecule has 0 unspecified atom stereocenters. The second-order valence-corrected chi connectivity index (χ2v) is 4.74. The lowest BCUT2D eigenvalue weighted by molar-refractivity contribution is 0.577. The molecule has 7 heteroatoms. The van der Waals surface area contributed by atoms with Crippen molar-refractivity contribution in [1.29, 1.82) is 0 Å². The van der Waals surface area contributed by atoms with Crippen molar-refractivity contribution in [2.45, 2.75) is 5.88 Å². The average Bonchev–Trinajstić information content (AvgIpc) is 2.76. The first kappa shape index (κ1) is 13.3. The van der Waals surface area contributed by atoms with Gasteiger partial charge in [-0.15, -0.1) is 11.6 Å². The molecule has 0 aliphatic heterocycles. The highest BCUT2D eigenvalue weighted by Crippen LogP contribution is 2.29. The van der Waals surface area contributed by atoms with Crippen molar-refractivity contribution in [2.75, 3.05) is 0 Å². The molecule has 0 saturated carbocycles.